The minimum atomic E-state index is 0.314. The van der Waals surface area contributed by atoms with Crippen LogP contribution >= 0.6 is 0 Å². The van der Waals surface area contributed by atoms with E-state index >= 15 is 0 Å². The summed E-state index contributed by atoms with van der Waals surface area (Å²) >= 11 is 0. The predicted octanol–water partition coefficient (Wildman–Crippen LogP) is 2.25. The number of hydrogen-bond acceptors (Lipinski definition) is 5. The molecule has 5 nitrogen and oxygen atoms in total. The SMILES string of the molecule is CC.CCc1noc(CN2CCC(CCO)CC2)n1. The molecular weight excluding hydrogens is 242 g/mol. The summed E-state index contributed by atoms with van der Waals surface area (Å²) in [6.45, 7) is 9.23. The van der Waals surface area contributed by atoms with E-state index < -0.39 is 0 Å². The molecule has 5 heteroatoms. The molecule has 0 aliphatic carbocycles. The first-order valence-electron chi connectivity index (χ1n) is 7.46. The Bertz CT molecular complexity index is 333. The molecule has 1 fully saturated rings. The summed E-state index contributed by atoms with van der Waals surface area (Å²) in [4.78, 5) is 6.67. The van der Waals surface area contributed by atoms with Gasteiger partial charge in [-0.05, 0) is 38.3 Å². The zero-order chi connectivity index (χ0) is 14.1. The van der Waals surface area contributed by atoms with Crippen molar-refractivity contribution >= 4 is 0 Å². The van der Waals surface area contributed by atoms with Crippen LogP contribution in [-0.4, -0.2) is 39.8 Å². The highest BCUT2D eigenvalue weighted by Crippen LogP contribution is 2.21. The van der Waals surface area contributed by atoms with E-state index in [9.17, 15) is 0 Å². The molecule has 110 valence electrons. The molecule has 0 saturated carbocycles. The number of aryl methyl sites for hydroxylation is 1. The van der Waals surface area contributed by atoms with Crippen molar-refractivity contribution in [3.63, 3.8) is 0 Å². The van der Waals surface area contributed by atoms with Gasteiger partial charge in [-0.15, -0.1) is 0 Å². The van der Waals surface area contributed by atoms with E-state index in [0.717, 1.165) is 57.0 Å². The van der Waals surface area contributed by atoms with Gasteiger partial charge in [0.05, 0.1) is 6.54 Å². The van der Waals surface area contributed by atoms with E-state index in [1.807, 2.05) is 20.8 Å². The Morgan fingerprint density at radius 1 is 1.32 bits per heavy atom. The van der Waals surface area contributed by atoms with Crippen molar-refractivity contribution in [3.05, 3.63) is 11.7 Å². The fourth-order valence-corrected chi connectivity index (χ4v) is 2.31. The molecule has 1 aliphatic heterocycles. The van der Waals surface area contributed by atoms with E-state index in [2.05, 4.69) is 15.0 Å². The molecule has 0 atom stereocenters. The topological polar surface area (TPSA) is 62.4 Å². The third-order valence-corrected chi connectivity index (χ3v) is 3.43. The zero-order valence-corrected chi connectivity index (χ0v) is 12.4. The third-order valence-electron chi connectivity index (χ3n) is 3.43. The molecule has 1 saturated heterocycles. The van der Waals surface area contributed by atoms with Gasteiger partial charge in [0.25, 0.3) is 0 Å². The molecule has 2 rings (SSSR count). The van der Waals surface area contributed by atoms with E-state index in [-0.39, 0.29) is 0 Å². The maximum absolute atomic E-state index is 8.90. The first-order valence-corrected chi connectivity index (χ1v) is 7.46. The molecule has 0 amide bonds. The summed E-state index contributed by atoms with van der Waals surface area (Å²) in [5.41, 5.74) is 0. The van der Waals surface area contributed by atoms with Crippen molar-refractivity contribution in [1.29, 1.82) is 0 Å². The summed E-state index contributed by atoms with van der Waals surface area (Å²) in [7, 11) is 0. The molecule has 0 unspecified atom stereocenters. The number of nitrogens with zero attached hydrogens (tertiary/aromatic N) is 3. The Kier molecular flexibility index (Phi) is 7.67. The Labute approximate surface area is 116 Å². The van der Waals surface area contributed by atoms with Gasteiger partial charge in [-0.2, -0.15) is 4.98 Å². The van der Waals surface area contributed by atoms with E-state index in [1.165, 1.54) is 0 Å². The lowest BCUT2D eigenvalue weighted by Gasteiger charge is -2.30. The highest BCUT2D eigenvalue weighted by molar-refractivity contribution is 4.86. The number of hydrogen-bond donors (Lipinski definition) is 1. The molecule has 1 N–H and O–H groups in total. The van der Waals surface area contributed by atoms with Crippen molar-refractivity contribution < 1.29 is 9.63 Å². The average Bonchev–Trinajstić information content (AvgIpc) is 2.91. The second kappa shape index (κ2) is 9.04. The molecule has 2 heterocycles. The summed E-state index contributed by atoms with van der Waals surface area (Å²) in [6.07, 6.45) is 4.08. The maximum atomic E-state index is 8.90. The molecular formula is C14H27N3O2. The normalized spacial score (nSPS) is 17.1. The fourth-order valence-electron chi connectivity index (χ4n) is 2.31. The van der Waals surface area contributed by atoms with Gasteiger partial charge >= 0.3 is 0 Å². The smallest absolute Gasteiger partial charge is 0.240 e. The number of aliphatic hydroxyl groups is 1. The van der Waals surface area contributed by atoms with Crippen LogP contribution in [0.5, 0.6) is 0 Å². The van der Waals surface area contributed by atoms with Gasteiger partial charge in [0.2, 0.25) is 5.89 Å². The first-order chi connectivity index (χ1) is 9.31. The molecule has 0 spiro atoms. The Morgan fingerprint density at radius 3 is 2.53 bits per heavy atom. The average molecular weight is 269 g/mol. The van der Waals surface area contributed by atoms with Gasteiger partial charge < -0.3 is 9.63 Å². The van der Waals surface area contributed by atoms with Gasteiger partial charge in [-0.1, -0.05) is 25.9 Å². The van der Waals surface area contributed by atoms with Crippen LogP contribution in [0.15, 0.2) is 4.52 Å². The van der Waals surface area contributed by atoms with E-state index in [4.69, 9.17) is 9.63 Å². The number of likely N-dealkylation sites (tertiary alicyclic amines) is 1. The van der Waals surface area contributed by atoms with Gasteiger partial charge in [-0.3, -0.25) is 4.90 Å². The maximum Gasteiger partial charge on any atom is 0.240 e. The van der Waals surface area contributed by atoms with E-state index in [1.54, 1.807) is 0 Å². The van der Waals surface area contributed by atoms with Crippen molar-refractivity contribution in [2.75, 3.05) is 19.7 Å². The standard InChI is InChI=1S/C12H21N3O2.C2H6/c1-2-11-13-12(17-14-11)9-15-6-3-10(4-7-15)5-8-16;1-2/h10,16H,2-9H2,1H3;1-2H3. The first kappa shape index (κ1) is 16.1. The lowest BCUT2D eigenvalue weighted by atomic mass is 9.94. The Hall–Kier alpha value is -0.940. The lowest BCUT2D eigenvalue weighted by molar-refractivity contribution is 0.141. The zero-order valence-electron chi connectivity index (χ0n) is 12.4. The molecule has 0 aromatic carbocycles. The van der Waals surface area contributed by atoms with Crippen molar-refractivity contribution in [2.24, 2.45) is 5.92 Å². The molecule has 19 heavy (non-hydrogen) atoms. The van der Waals surface area contributed by atoms with Crippen LogP contribution in [0.4, 0.5) is 0 Å². The molecule has 1 aliphatic rings. The van der Waals surface area contributed by atoms with Gasteiger partial charge in [0.15, 0.2) is 5.82 Å². The summed E-state index contributed by atoms with van der Waals surface area (Å²) in [5, 5.41) is 12.8. The van der Waals surface area contributed by atoms with Gasteiger partial charge in [0, 0.05) is 13.0 Å². The summed E-state index contributed by atoms with van der Waals surface area (Å²) < 4.78 is 5.19. The van der Waals surface area contributed by atoms with Crippen molar-refractivity contribution in [1.82, 2.24) is 15.0 Å². The third kappa shape index (κ3) is 5.28. The highest BCUT2D eigenvalue weighted by atomic mass is 16.5. The van der Waals surface area contributed by atoms with Crippen LogP contribution in [0.3, 0.4) is 0 Å². The minimum absolute atomic E-state index is 0.314. The number of aromatic nitrogens is 2. The van der Waals surface area contributed by atoms with Crippen LogP contribution in [-0.2, 0) is 13.0 Å². The highest BCUT2D eigenvalue weighted by Gasteiger charge is 2.20. The van der Waals surface area contributed by atoms with Crippen LogP contribution in [0.1, 0.15) is 51.7 Å². The second-order valence-electron chi connectivity index (χ2n) is 4.69. The van der Waals surface area contributed by atoms with Crippen molar-refractivity contribution in [2.45, 2.75) is 53.0 Å². The van der Waals surface area contributed by atoms with E-state index in [0.29, 0.717) is 12.5 Å². The number of aliphatic hydroxyl groups excluding tert-OH is 1. The number of piperidine rings is 1. The Balaban J connectivity index is 0.000000861. The summed E-state index contributed by atoms with van der Waals surface area (Å²) in [5.74, 6) is 2.20. The predicted molar refractivity (Wildman–Crippen MR) is 74.7 cm³/mol. The summed E-state index contributed by atoms with van der Waals surface area (Å²) in [6, 6.07) is 0. The van der Waals surface area contributed by atoms with Crippen LogP contribution in [0.25, 0.3) is 0 Å². The minimum Gasteiger partial charge on any atom is -0.396 e. The Morgan fingerprint density at radius 2 is 2.00 bits per heavy atom. The number of rotatable bonds is 5. The van der Waals surface area contributed by atoms with Gasteiger partial charge in [-0.25, -0.2) is 0 Å². The van der Waals surface area contributed by atoms with Gasteiger partial charge in [0.1, 0.15) is 0 Å². The lowest BCUT2D eigenvalue weighted by Crippen LogP contribution is -2.33. The van der Waals surface area contributed by atoms with Crippen molar-refractivity contribution in [3.8, 4) is 0 Å². The molecule has 0 bridgehead atoms. The largest absolute Gasteiger partial charge is 0.396 e. The monoisotopic (exact) mass is 269 g/mol. The fraction of sp³-hybridized carbons (Fsp3) is 0.857. The quantitative estimate of drug-likeness (QED) is 0.888. The van der Waals surface area contributed by atoms with Crippen LogP contribution in [0.2, 0.25) is 0 Å². The molecule has 1 aromatic heterocycles. The van der Waals surface area contributed by atoms with Crippen LogP contribution in [0, 0.1) is 5.92 Å². The molecule has 0 radical (unpaired) electrons. The second-order valence-corrected chi connectivity index (χ2v) is 4.69. The van der Waals surface area contributed by atoms with Crippen LogP contribution < -0.4 is 0 Å². The molecule has 1 aromatic rings.